The number of hydrogen-bond acceptors (Lipinski definition) is 3. The van der Waals surface area contributed by atoms with Gasteiger partial charge in [-0.2, -0.15) is 0 Å². The molecule has 5 heteroatoms. The van der Waals surface area contributed by atoms with E-state index in [1.807, 2.05) is 0 Å². The first-order valence-corrected chi connectivity index (χ1v) is 7.28. The van der Waals surface area contributed by atoms with Crippen LogP contribution in [0.2, 0.25) is 0 Å². The second-order valence-corrected chi connectivity index (χ2v) is 5.77. The van der Waals surface area contributed by atoms with Crippen LogP contribution >= 0.6 is 0 Å². The highest BCUT2D eigenvalue weighted by Gasteiger charge is 2.34. The Bertz CT molecular complexity index is 320. The Morgan fingerprint density at radius 2 is 2.00 bits per heavy atom. The lowest BCUT2D eigenvalue weighted by Gasteiger charge is -2.35. The molecule has 0 spiro atoms. The molecular weight excluding hydrogens is 242 g/mol. The van der Waals surface area contributed by atoms with Crippen LogP contribution in [-0.2, 0) is 9.59 Å². The summed E-state index contributed by atoms with van der Waals surface area (Å²) in [4.78, 5) is 25.2. The summed E-state index contributed by atoms with van der Waals surface area (Å²) >= 11 is 0. The molecule has 0 aliphatic heterocycles. The number of primary amides is 1. The number of hydrogen-bond donors (Lipinski definition) is 2. The van der Waals surface area contributed by atoms with Gasteiger partial charge in [0.15, 0.2) is 0 Å². The van der Waals surface area contributed by atoms with Crippen molar-refractivity contribution in [3.8, 4) is 0 Å². The molecule has 19 heavy (non-hydrogen) atoms. The number of nitrogens with two attached hydrogens (primary N) is 2. The van der Waals surface area contributed by atoms with E-state index in [2.05, 4.69) is 13.8 Å². The number of unbranched alkanes of at least 4 members (excludes halogenated alkanes) is 1. The van der Waals surface area contributed by atoms with Gasteiger partial charge in [0.1, 0.15) is 0 Å². The molecule has 3 unspecified atom stereocenters. The minimum atomic E-state index is -0.457. The lowest BCUT2D eigenvalue weighted by molar-refractivity contribution is -0.140. The summed E-state index contributed by atoms with van der Waals surface area (Å²) in [7, 11) is 0. The molecule has 0 aromatic rings. The summed E-state index contributed by atoms with van der Waals surface area (Å²) in [6.45, 7) is 4.81. The highest BCUT2D eigenvalue weighted by Crippen LogP contribution is 2.29. The van der Waals surface area contributed by atoms with Gasteiger partial charge in [0.2, 0.25) is 11.8 Å². The lowest BCUT2D eigenvalue weighted by Crippen LogP contribution is -2.49. The Labute approximate surface area is 115 Å². The second kappa shape index (κ2) is 7.48. The third kappa shape index (κ3) is 4.82. The first kappa shape index (κ1) is 16.0. The fourth-order valence-corrected chi connectivity index (χ4v) is 2.73. The predicted octanol–water partition coefficient (Wildman–Crippen LogP) is 0.864. The fourth-order valence-electron chi connectivity index (χ4n) is 2.73. The Balaban J connectivity index is 2.70. The Kier molecular flexibility index (Phi) is 6.28. The largest absolute Gasteiger partial charge is 0.368 e. The first-order chi connectivity index (χ1) is 8.95. The third-order valence-corrected chi connectivity index (χ3v) is 3.92. The molecule has 110 valence electrons. The SMILES string of the molecule is CCCCN(CC(N)=O)C(=O)C1CC(C)CCC1N. The summed E-state index contributed by atoms with van der Waals surface area (Å²) in [5.41, 5.74) is 11.3. The van der Waals surface area contributed by atoms with Crippen LogP contribution in [0.3, 0.4) is 0 Å². The second-order valence-electron chi connectivity index (χ2n) is 5.77. The van der Waals surface area contributed by atoms with Crippen molar-refractivity contribution < 1.29 is 9.59 Å². The van der Waals surface area contributed by atoms with Gasteiger partial charge in [0, 0.05) is 12.6 Å². The highest BCUT2D eigenvalue weighted by atomic mass is 16.2. The molecular formula is C14H27N3O2. The third-order valence-electron chi connectivity index (χ3n) is 3.92. The first-order valence-electron chi connectivity index (χ1n) is 7.28. The van der Waals surface area contributed by atoms with Gasteiger partial charge in [-0.25, -0.2) is 0 Å². The molecule has 0 aromatic carbocycles. The van der Waals surface area contributed by atoms with Crippen LogP contribution in [-0.4, -0.2) is 35.8 Å². The molecule has 3 atom stereocenters. The smallest absolute Gasteiger partial charge is 0.237 e. The van der Waals surface area contributed by atoms with E-state index in [-0.39, 0.29) is 24.4 Å². The standard InChI is InChI=1S/C14H27N3O2/c1-3-4-7-17(9-13(16)18)14(19)11-8-10(2)5-6-12(11)15/h10-12H,3-9,15H2,1-2H3,(H2,16,18). The summed E-state index contributed by atoms with van der Waals surface area (Å²) in [5.74, 6) is -0.0801. The van der Waals surface area contributed by atoms with E-state index in [4.69, 9.17) is 11.5 Å². The van der Waals surface area contributed by atoms with Gasteiger partial charge in [-0.15, -0.1) is 0 Å². The van der Waals surface area contributed by atoms with E-state index in [1.165, 1.54) is 0 Å². The van der Waals surface area contributed by atoms with Crippen molar-refractivity contribution in [2.45, 2.75) is 52.0 Å². The Hall–Kier alpha value is -1.10. The van der Waals surface area contributed by atoms with E-state index in [0.29, 0.717) is 12.5 Å². The molecule has 0 heterocycles. The van der Waals surface area contributed by atoms with Gasteiger partial charge >= 0.3 is 0 Å². The molecule has 4 N–H and O–H groups in total. The monoisotopic (exact) mass is 269 g/mol. The molecule has 0 bridgehead atoms. The summed E-state index contributed by atoms with van der Waals surface area (Å²) in [6.07, 6.45) is 4.65. The maximum absolute atomic E-state index is 12.5. The van der Waals surface area contributed by atoms with Gasteiger partial charge in [0.05, 0.1) is 12.5 Å². The van der Waals surface area contributed by atoms with Crippen molar-refractivity contribution in [2.24, 2.45) is 23.3 Å². The highest BCUT2D eigenvalue weighted by molar-refractivity contribution is 5.85. The van der Waals surface area contributed by atoms with Crippen LogP contribution in [0.25, 0.3) is 0 Å². The average Bonchev–Trinajstić information content (AvgIpc) is 2.36. The molecule has 2 amide bonds. The zero-order valence-corrected chi connectivity index (χ0v) is 12.1. The number of amides is 2. The molecule has 0 radical (unpaired) electrons. The molecule has 1 aliphatic carbocycles. The van der Waals surface area contributed by atoms with Crippen molar-refractivity contribution in [3.63, 3.8) is 0 Å². The van der Waals surface area contributed by atoms with E-state index in [0.717, 1.165) is 32.1 Å². The Morgan fingerprint density at radius 3 is 2.58 bits per heavy atom. The van der Waals surface area contributed by atoms with Crippen LogP contribution in [0.4, 0.5) is 0 Å². The molecule has 1 saturated carbocycles. The fraction of sp³-hybridized carbons (Fsp3) is 0.857. The normalized spacial score (nSPS) is 27.0. The average molecular weight is 269 g/mol. The van der Waals surface area contributed by atoms with Gasteiger partial charge in [0.25, 0.3) is 0 Å². The van der Waals surface area contributed by atoms with Crippen LogP contribution in [0.1, 0.15) is 46.0 Å². The topological polar surface area (TPSA) is 89.4 Å². The Morgan fingerprint density at radius 1 is 1.32 bits per heavy atom. The summed E-state index contributed by atoms with van der Waals surface area (Å²) in [6, 6.07) is -0.0827. The number of carbonyl (C=O) groups excluding carboxylic acids is 2. The zero-order chi connectivity index (χ0) is 14.4. The van der Waals surface area contributed by atoms with Gasteiger partial charge in [-0.05, 0) is 31.6 Å². The maximum atomic E-state index is 12.5. The van der Waals surface area contributed by atoms with Crippen molar-refractivity contribution >= 4 is 11.8 Å². The maximum Gasteiger partial charge on any atom is 0.237 e. The number of carbonyl (C=O) groups is 2. The van der Waals surface area contributed by atoms with E-state index < -0.39 is 5.91 Å². The minimum absolute atomic E-state index is 0.00583. The quantitative estimate of drug-likeness (QED) is 0.749. The molecule has 0 aromatic heterocycles. The van der Waals surface area contributed by atoms with Gasteiger partial charge in [-0.1, -0.05) is 20.3 Å². The van der Waals surface area contributed by atoms with Crippen LogP contribution < -0.4 is 11.5 Å². The summed E-state index contributed by atoms with van der Waals surface area (Å²) < 4.78 is 0. The minimum Gasteiger partial charge on any atom is -0.368 e. The molecule has 1 aliphatic rings. The van der Waals surface area contributed by atoms with Crippen molar-refractivity contribution in [2.75, 3.05) is 13.1 Å². The number of nitrogens with zero attached hydrogens (tertiary/aromatic N) is 1. The van der Waals surface area contributed by atoms with Crippen LogP contribution in [0, 0.1) is 11.8 Å². The van der Waals surface area contributed by atoms with Crippen molar-refractivity contribution in [1.29, 1.82) is 0 Å². The number of rotatable bonds is 6. The van der Waals surface area contributed by atoms with Crippen molar-refractivity contribution in [3.05, 3.63) is 0 Å². The lowest BCUT2D eigenvalue weighted by atomic mass is 9.78. The zero-order valence-electron chi connectivity index (χ0n) is 12.1. The van der Waals surface area contributed by atoms with Crippen LogP contribution in [0.5, 0.6) is 0 Å². The molecule has 1 fully saturated rings. The van der Waals surface area contributed by atoms with Gasteiger partial charge in [-0.3, -0.25) is 9.59 Å². The van der Waals surface area contributed by atoms with Crippen LogP contribution in [0.15, 0.2) is 0 Å². The predicted molar refractivity (Wildman–Crippen MR) is 75.2 cm³/mol. The van der Waals surface area contributed by atoms with E-state index in [1.54, 1.807) is 4.90 Å². The molecule has 0 saturated heterocycles. The van der Waals surface area contributed by atoms with Crippen molar-refractivity contribution in [1.82, 2.24) is 4.90 Å². The molecule has 5 nitrogen and oxygen atoms in total. The molecule has 1 rings (SSSR count). The van der Waals surface area contributed by atoms with E-state index >= 15 is 0 Å². The van der Waals surface area contributed by atoms with Gasteiger partial charge < -0.3 is 16.4 Å². The summed E-state index contributed by atoms with van der Waals surface area (Å²) in [5, 5.41) is 0. The van der Waals surface area contributed by atoms with E-state index in [9.17, 15) is 9.59 Å².